The summed E-state index contributed by atoms with van der Waals surface area (Å²) in [4.78, 5) is 18.0. The van der Waals surface area contributed by atoms with E-state index in [1.807, 2.05) is 34.9 Å². The zero-order chi connectivity index (χ0) is 15.4. The predicted molar refractivity (Wildman–Crippen MR) is 80.2 cm³/mol. The second-order valence-electron chi connectivity index (χ2n) is 5.20. The topological polar surface area (TPSA) is 56.6 Å². The van der Waals surface area contributed by atoms with Gasteiger partial charge in [0.25, 0.3) is 0 Å². The lowest BCUT2D eigenvalue weighted by Crippen LogP contribution is -2.28. The van der Waals surface area contributed by atoms with Gasteiger partial charge in [-0.2, -0.15) is 0 Å². The van der Waals surface area contributed by atoms with Gasteiger partial charge in [0.1, 0.15) is 6.61 Å². The van der Waals surface area contributed by atoms with E-state index in [0.717, 1.165) is 11.3 Å². The van der Waals surface area contributed by atoms with E-state index in [2.05, 4.69) is 4.98 Å². The molecule has 0 saturated carbocycles. The smallest absolute Gasteiger partial charge is 0.410 e. The van der Waals surface area contributed by atoms with E-state index in [1.165, 1.54) is 0 Å². The monoisotopic (exact) mass is 301 g/mol. The number of cyclic esters (lactones) is 1. The molecule has 1 aromatic heterocycles. The van der Waals surface area contributed by atoms with Crippen LogP contribution < -0.4 is 0 Å². The van der Waals surface area contributed by atoms with Gasteiger partial charge in [0.2, 0.25) is 0 Å². The Morgan fingerprint density at radius 1 is 1.36 bits per heavy atom. The number of nitrogens with zero attached hydrogens (tertiary/aromatic N) is 3. The largest absolute Gasteiger partial charge is 0.447 e. The van der Waals surface area contributed by atoms with E-state index >= 15 is 0 Å². The number of carbonyl (C=O) groups is 1. The van der Waals surface area contributed by atoms with E-state index in [9.17, 15) is 4.79 Å². The Bertz CT molecular complexity index is 627. The van der Waals surface area contributed by atoms with Crippen molar-refractivity contribution in [3.8, 4) is 0 Å². The fourth-order valence-corrected chi connectivity index (χ4v) is 2.62. The summed E-state index contributed by atoms with van der Waals surface area (Å²) < 4.78 is 12.3. The molecule has 1 aromatic carbocycles. The summed E-state index contributed by atoms with van der Waals surface area (Å²) >= 11 is 0. The molecule has 0 spiro atoms. The maximum absolute atomic E-state index is 12.1. The molecule has 0 radical (unpaired) electrons. The van der Waals surface area contributed by atoms with Gasteiger partial charge >= 0.3 is 6.09 Å². The molecule has 1 aliphatic rings. The first-order valence-corrected chi connectivity index (χ1v) is 7.26. The van der Waals surface area contributed by atoms with E-state index in [4.69, 9.17) is 9.47 Å². The van der Waals surface area contributed by atoms with Crippen molar-refractivity contribution in [1.82, 2.24) is 14.5 Å². The molecular formula is C16H19N3O3. The van der Waals surface area contributed by atoms with Gasteiger partial charge in [-0.3, -0.25) is 4.90 Å². The first kappa shape index (κ1) is 14.6. The average molecular weight is 301 g/mol. The first-order chi connectivity index (χ1) is 10.8. The van der Waals surface area contributed by atoms with Crippen molar-refractivity contribution in [2.24, 2.45) is 0 Å². The van der Waals surface area contributed by atoms with Crippen LogP contribution in [0.3, 0.4) is 0 Å². The van der Waals surface area contributed by atoms with Crippen LogP contribution in [0.2, 0.25) is 0 Å². The molecule has 3 rings (SSSR count). The highest BCUT2D eigenvalue weighted by Gasteiger charge is 2.34. The Kier molecular flexibility index (Phi) is 4.39. The fraction of sp³-hybridized carbons (Fsp3) is 0.375. The van der Waals surface area contributed by atoms with Crippen LogP contribution in [0.5, 0.6) is 0 Å². The van der Waals surface area contributed by atoms with Crippen molar-refractivity contribution in [3.05, 3.63) is 54.1 Å². The second-order valence-corrected chi connectivity index (χ2v) is 5.20. The molecule has 1 saturated heterocycles. The summed E-state index contributed by atoms with van der Waals surface area (Å²) in [6, 6.07) is 9.88. The van der Waals surface area contributed by atoms with Crippen LogP contribution in [0.1, 0.15) is 17.3 Å². The Hall–Kier alpha value is -2.34. The number of carbonyl (C=O) groups excluding carboxylic acids is 1. The SMILES string of the molecule is COCCn1cncc1CN1C(=O)OCC1c1ccccc1. The Morgan fingerprint density at radius 2 is 2.18 bits per heavy atom. The van der Waals surface area contributed by atoms with Gasteiger partial charge in [-0.1, -0.05) is 30.3 Å². The number of hydrogen-bond acceptors (Lipinski definition) is 4. The molecule has 6 heteroatoms. The number of rotatable bonds is 6. The summed E-state index contributed by atoms with van der Waals surface area (Å²) in [6.07, 6.45) is 3.25. The Balaban J connectivity index is 1.78. The van der Waals surface area contributed by atoms with Gasteiger partial charge < -0.3 is 14.0 Å². The van der Waals surface area contributed by atoms with Crippen LogP contribution in [-0.4, -0.2) is 40.9 Å². The van der Waals surface area contributed by atoms with Gasteiger partial charge in [-0.15, -0.1) is 0 Å². The van der Waals surface area contributed by atoms with Crippen LogP contribution >= 0.6 is 0 Å². The standard InChI is InChI=1S/C16H19N3O3/c1-21-8-7-18-12-17-9-14(18)10-19-15(11-22-16(19)20)13-5-3-2-4-6-13/h2-6,9,12,15H,7-8,10-11H2,1H3. The highest BCUT2D eigenvalue weighted by molar-refractivity contribution is 5.70. The quantitative estimate of drug-likeness (QED) is 0.821. The first-order valence-electron chi connectivity index (χ1n) is 7.26. The summed E-state index contributed by atoms with van der Waals surface area (Å²) in [5.74, 6) is 0. The molecule has 0 aliphatic carbocycles. The van der Waals surface area contributed by atoms with Crippen LogP contribution in [0, 0.1) is 0 Å². The fourth-order valence-electron chi connectivity index (χ4n) is 2.62. The third-order valence-electron chi connectivity index (χ3n) is 3.83. The molecule has 0 bridgehead atoms. The molecule has 1 fully saturated rings. The predicted octanol–water partition coefficient (Wildman–Crippen LogP) is 2.22. The molecule has 1 unspecified atom stereocenters. The molecule has 1 aliphatic heterocycles. The molecule has 22 heavy (non-hydrogen) atoms. The van der Waals surface area contributed by atoms with Gasteiger partial charge in [-0.25, -0.2) is 9.78 Å². The Labute approximate surface area is 129 Å². The van der Waals surface area contributed by atoms with Crippen molar-refractivity contribution >= 4 is 6.09 Å². The van der Waals surface area contributed by atoms with Crippen molar-refractivity contribution in [2.75, 3.05) is 20.3 Å². The van der Waals surface area contributed by atoms with E-state index in [0.29, 0.717) is 26.3 Å². The second kappa shape index (κ2) is 6.62. The third kappa shape index (κ3) is 2.96. The average Bonchev–Trinajstić information content (AvgIpc) is 3.14. The van der Waals surface area contributed by atoms with Crippen molar-refractivity contribution in [1.29, 1.82) is 0 Å². The van der Waals surface area contributed by atoms with Gasteiger partial charge in [0.05, 0.1) is 31.2 Å². The van der Waals surface area contributed by atoms with Gasteiger partial charge in [0.15, 0.2) is 0 Å². The maximum Gasteiger partial charge on any atom is 0.410 e. The lowest BCUT2D eigenvalue weighted by atomic mass is 10.1. The minimum atomic E-state index is -0.284. The molecule has 0 N–H and O–H groups in total. The zero-order valence-electron chi connectivity index (χ0n) is 12.5. The summed E-state index contributed by atoms with van der Waals surface area (Å²) in [5, 5.41) is 0. The molecule has 1 atom stereocenters. The van der Waals surface area contributed by atoms with Crippen LogP contribution in [0.15, 0.2) is 42.9 Å². The number of benzene rings is 1. The summed E-state index contributed by atoms with van der Waals surface area (Å²) in [7, 11) is 1.67. The lowest BCUT2D eigenvalue weighted by molar-refractivity contribution is 0.154. The normalized spacial score (nSPS) is 17.8. The highest BCUT2D eigenvalue weighted by atomic mass is 16.6. The number of amides is 1. The van der Waals surface area contributed by atoms with E-state index < -0.39 is 0 Å². The van der Waals surface area contributed by atoms with Crippen LogP contribution in [-0.2, 0) is 22.6 Å². The van der Waals surface area contributed by atoms with Crippen molar-refractivity contribution in [3.63, 3.8) is 0 Å². The summed E-state index contributed by atoms with van der Waals surface area (Å²) in [6.45, 7) is 2.18. The number of imidazole rings is 1. The molecular weight excluding hydrogens is 282 g/mol. The highest BCUT2D eigenvalue weighted by Crippen LogP contribution is 2.29. The molecule has 6 nitrogen and oxygen atoms in total. The van der Waals surface area contributed by atoms with E-state index in [-0.39, 0.29) is 12.1 Å². The minimum Gasteiger partial charge on any atom is -0.447 e. The molecule has 2 heterocycles. The van der Waals surface area contributed by atoms with E-state index in [1.54, 1.807) is 24.5 Å². The van der Waals surface area contributed by atoms with Crippen molar-refractivity contribution < 1.29 is 14.3 Å². The number of aromatic nitrogens is 2. The minimum absolute atomic E-state index is 0.0560. The maximum atomic E-state index is 12.1. The lowest BCUT2D eigenvalue weighted by Gasteiger charge is -2.22. The van der Waals surface area contributed by atoms with Crippen molar-refractivity contribution in [2.45, 2.75) is 19.1 Å². The number of ether oxygens (including phenoxy) is 2. The molecule has 1 amide bonds. The zero-order valence-corrected chi connectivity index (χ0v) is 12.5. The molecule has 116 valence electrons. The van der Waals surface area contributed by atoms with Crippen LogP contribution in [0.25, 0.3) is 0 Å². The summed E-state index contributed by atoms with van der Waals surface area (Å²) in [5.41, 5.74) is 2.05. The number of methoxy groups -OCH3 is 1. The number of hydrogen-bond donors (Lipinski definition) is 0. The third-order valence-corrected chi connectivity index (χ3v) is 3.83. The Morgan fingerprint density at radius 3 is 2.95 bits per heavy atom. The van der Waals surface area contributed by atoms with Crippen LogP contribution in [0.4, 0.5) is 4.79 Å². The van der Waals surface area contributed by atoms with Gasteiger partial charge in [0, 0.05) is 19.9 Å². The van der Waals surface area contributed by atoms with Gasteiger partial charge in [-0.05, 0) is 5.56 Å². The molecule has 2 aromatic rings.